The standard InChI is InChI=1S/C22H22F2N2O2/c1-11-13(15-9-18(24)19(25)10-17(15)23)4-7-26-20(11)14(12-2-3-12)8-16(21(26)27)22(28)5-6-22/h4,7-10,12,21,27-28H,2-3,5-6,25H2,1H3. The van der Waals surface area contributed by atoms with Gasteiger partial charge in [-0.25, -0.2) is 8.78 Å². The zero-order valence-corrected chi connectivity index (χ0v) is 15.5. The molecule has 4 aliphatic rings. The van der Waals surface area contributed by atoms with Crippen molar-refractivity contribution in [3.63, 3.8) is 0 Å². The van der Waals surface area contributed by atoms with Crippen molar-refractivity contribution in [3.05, 3.63) is 70.1 Å². The van der Waals surface area contributed by atoms with Crippen LogP contribution in [-0.4, -0.2) is 26.9 Å². The normalized spacial score (nSPS) is 25.8. The Bertz CT molecular complexity index is 1010. The molecule has 2 aliphatic carbocycles. The number of halogens is 2. The van der Waals surface area contributed by atoms with E-state index in [1.807, 2.05) is 13.0 Å². The highest BCUT2D eigenvalue weighted by Crippen LogP contribution is 2.52. The summed E-state index contributed by atoms with van der Waals surface area (Å²) in [6.45, 7) is 1.86. The summed E-state index contributed by atoms with van der Waals surface area (Å²) in [7, 11) is 0. The molecular formula is C22H22F2N2O2. The summed E-state index contributed by atoms with van der Waals surface area (Å²) in [5.41, 5.74) is 8.30. The predicted molar refractivity (Wildman–Crippen MR) is 102 cm³/mol. The highest BCUT2D eigenvalue weighted by atomic mass is 19.1. The fourth-order valence-corrected chi connectivity index (χ4v) is 4.25. The number of anilines is 1. The molecule has 0 spiro atoms. The number of fused-ring (bicyclic) bond motifs is 1. The van der Waals surface area contributed by atoms with Gasteiger partial charge in [-0.1, -0.05) is 6.08 Å². The molecule has 0 radical (unpaired) electrons. The monoisotopic (exact) mass is 384 g/mol. The van der Waals surface area contributed by atoms with E-state index in [0.29, 0.717) is 29.9 Å². The van der Waals surface area contributed by atoms with Gasteiger partial charge in [-0.15, -0.1) is 0 Å². The Labute approximate surface area is 162 Å². The molecular weight excluding hydrogens is 362 g/mol. The zero-order valence-electron chi connectivity index (χ0n) is 15.5. The van der Waals surface area contributed by atoms with Crippen LogP contribution in [0.3, 0.4) is 0 Å². The first-order valence-electron chi connectivity index (χ1n) is 9.59. The van der Waals surface area contributed by atoms with Crippen molar-refractivity contribution in [1.82, 2.24) is 4.90 Å². The molecule has 1 aromatic carbocycles. The number of nitrogens with two attached hydrogens (primary N) is 1. The van der Waals surface area contributed by atoms with Gasteiger partial charge < -0.3 is 20.8 Å². The van der Waals surface area contributed by atoms with Gasteiger partial charge in [0.25, 0.3) is 0 Å². The first-order valence-corrected chi connectivity index (χ1v) is 9.59. The summed E-state index contributed by atoms with van der Waals surface area (Å²) in [4.78, 5) is 1.74. The molecule has 1 atom stereocenters. The lowest BCUT2D eigenvalue weighted by Crippen LogP contribution is -2.41. The quantitative estimate of drug-likeness (QED) is 0.697. The molecule has 2 saturated carbocycles. The molecule has 0 saturated heterocycles. The third-order valence-electron chi connectivity index (χ3n) is 6.20. The smallest absolute Gasteiger partial charge is 0.156 e. The van der Waals surface area contributed by atoms with E-state index in [1.165, 1.54) is 0 Å². The number of benzene rings is 1. The summed E-state index contributed by atoms with van der Waals surface area (Å²) in [5, 5.41) is 21.5. The minimum absolute atomic E-state index is 0.146. The zero-order chi connectivity index (χ0) is 19.8. The summed E-state index contributed by atoms with van der Waals surface area (Å²) in [6.07, 6.45) is 7.72. The van der Waals surface area contributed by atoms with E-state index in [-0.39, 0.29) is 11.3 Å². The van der Waals surface area contributed by atoms with Crippen LogP contribution in [0.1, 0.15) is 38.2 Å². The molecule has 28 heavy (non-hydrogen) atoms. The second kappa shape index (κ2) is 5.78. The van der Waals surface area contributed by atoms with Gasteiger partial charge >= 0.3 is 0 Å². The number of aliphatic hydroxyl groups is 2. The molecule has 4 nitrogen and oxygen atoms in total. The van der Waals surface area contributed by atoms with Gasteiger partial charge in [-0.3, -0.25) is 0 Å². The molecule has 146 valence electrons. The summed E-state index contributed by atoms with van der Waals surface area (Å²) < 4.78 is 28.5. The fourth-order valence-electron chi connectivity index (χ4n) is 4.25. The maximum atomic E-state index is 14.5. The van der Waals surface area contributed by atoms with Gasteiger partial charge in [-0.05, 0) is 67.4 Å². The average molecular weight is 384 g/mol. The number of hydrogen-bond donors (Lipinski definition) is 3. The maximum Gasteiger partial charge on any atom is 0.156 e. The van der Waals surface area contributed by atoms with Crippen LogP contribution in [0, 0.1) is 17.6 Å². The fraction of sp³-hybridized carbons (Fsp3) is 0.364. The van der Waals surface area contributed by atoms with E-state index in [0.717, 1.165) is 41.8 Å². The number of allylic oxidation sites excluding steroid dienone is 5. The molecule has 2 heterocycles. The lowest BCUT2D eigenvalue weighted by atomic mass is 9.86. The molecule has 5 rings (SSSR count). The van der Waals surface area contributed by atoms with Crippen LogP contribution < -0.4 is 5.73 Å². The average Bonchev–Trinajstić information content (AvgIpc) is 3.56. The number of aliphatic hydroxyl groups excluding tert-OH is 1. The number of hydrogen-bond acceptors (Lipinski definition) is 4. The molecule has 1 unspecified atom stereocenters. The Kier molecular flexibility index (Phi) is 3.64. The lowest BCUT2D eigenvalue weighted by molar-refractivity contribution is 0.0539. The Morgan fingerprint density at radius 3 is 2.54 bits per heavy atom. The highest BCUT2D eigenvalue weighted by Gasteiger charge is 2.50. The van der Waals surface area contributed by atoms with E-state index in [2.05, 4.69) is 0 Å². The van der Waals surface area contributed by atoms with Gasteiger partial charge in [0.2, 0.25) is 0 Å². The minimum atomic E-state index is -0.967. The Morgan fingerprint density at radius 2 is 1.89 bits per heavy atom. The largest absolute Gasteiger partial charge is 0.396 e. The van der Waals surface area contributed by atoms with Gasteiger partial charge in [0.05, 0.1) is 17.0 Å². The van der Waals surface area contributed by atoms with Crippen molar-refractivity contribution in [2.75, 3.05) is 5.73 Å². The number of rotatable bonds is 3. The van der Waals surface area contributed by atoms with Crippen LogP contribution in [0.15, 0.2) is 52.9 Å². The molecule has 6 heteroatoms. The van der Waals surface area contributed by atoms with Crippen molar-refractivity contribution in [1.29, 1.82) is 0 Å². The topological polar surface area (TPSA) is 69.7 Å². The number of nitrogens with zero attached hydrogens (tertiary/aromatic N) is 1. The Morgan fingerprint density at radius 1 is 1.18 bits per heavy atom. The molecule has 4 N–H and O–H groups in total. The van der Waals surface area contributed by atoms with Crippen LogP contribution in [-0.2, 0) is 0 Å². The second-order valence-corrected chi connectivity index (χ2v) is 8.20. The Balaban J connectivity index is 1.69. The Hall–Kier alpha value is -2.44. The van der Waals surface area contributed by atoms with Crippen LogP contribution in [0.5, 0.6) is 0 Å². The van der Waals surface area contributed by atoms with Crippen molar-refractivity contribution >= 4 is 11.3 Å². The first kappa shape index (κ1) is 17.6. The first-order chi connectivity index (χ1) is 13.3. The van der Waals surface area contributed by atoms with E-state index < -0.39 is 23.5 Å². The van der Waals surface area contributed by atoms with Crippen molar-refractivity contribution in [2.45, 2.75) is 44.4 Å². The molecule has 1 aromatic rings. The third kappa shape index (κ3) is 2.55. The molecule has 2 aliphatic heterocycles. The van der Waals surface area contributed by atoms with Crippen LogP contribution in [0.4, 0.5) is 14.5 Å². The predicted octanol–water partition coefficient (Wildman–Crippen LogP) is 3.60. The van der Waals surface area contributed by atoms with E-state index in [1.54, 1.807) is 17.2 Å². The van der Waals surface area contributed by atoms with Gasteiger partial charge in [-0.2, -0.15) is 0 Å². The van der Waals surface area contributed by atoms with Crippen LogP contribution in [0.25, 0.3) is 5.57 Å². The molecule has 0 amide bonds. The van der Waals surface area contributed by atoms with Gasteiger partial charge in [0.1, 0.15) is 11.6 Å². The highest BCUT2D eigenvalue weighted by molar-refractivity contribution is 5.82. The summed E-state index contributed by atoms with van der Waals surface area (Å²) >= 11 is 0. The van der Waals surface area contributed by atoms with E-state index in [4.69, 9.17) is 5.73 Å². The van der Waals surface area contributed by atoms with Crippen LogP contribution >= 0.6 is 0 Å². The third-order valence-corrected chi connectivity index (χ3v) is 6.20. The van der Waals surface area contributed by atoms with Gasteiger partial charge in [0.15, 0.2) is 6.23 Å². The molecule has 0 aromatic heterocycles. The van der Waals surface area contributed by atoms with Crippen molar-refractivity contribution < 1.29 is 19.0 Å². The van der Waals surface area contributed by atoms with Crippen molar-refractivity contribution in [3.8, 4) is 0 Å². The van der Waals surface area contributed by atoms with E-state index in [9.17, 15) is 19.0 Å². The molecule has 0 bridgehead atoms. The van der Waals surface area contributed by atoms with Crippen molar-refractivity contribution in [2.24, 2.45) is 5.92 Å². The lowest BCUT2D eigenvalue weighted by Gasteiger charge is -2.40. The summed E-state index contributed by atoms with van der Waals surface area (Å²) in [5.74, 6) is -0.886. The maximum absolute atomic E-state index is 14.5. The SMILES string of the molecule is CC1=C(c2cc(F)c(N)cc2F)C=CN2C1=C(C1CC1)C=C(C1(O)CC1)C2O. The molecule has 2 fully saturated rings. The summed E-state index contributed by atoms with van der Waals surface area (Å²) in [6, 6.07) is 2.12. The van der Waals surface area contributed by atoms with Gasteiger partial charge in [0, 0.05) is 23.4 Å². The van der Waals surface area contributed by atoms with E-state index >= 15 is 0 Å². The minimum Gasteiger partial charge on any atom is -0.396 e. The van der Waals surface area contributed by atoms with Crippen LogP contribution in [0.2, 0.25) is 0 Å². The second-order valence-electron chi connectivity index (χ2n) is 8.20. The number of nitrogen functional groups attached to an aromatic ring is 1.